The predicted octanol–water partition coefficient (Wildman–Crippen LogP) is 4.12. The van der Waals surface area contributed by atoms with E-state index in [1.54, 1.807) is 0 Å². The van der Waals surface area contributed by atoms with Crippen LogP contribution in [-0.2, 0) is 13.5 Å². The summed E-state index contributed by atoms with van der Waals surface area (Å²) in [5.74, 6) is 0.703. The van der Waals surface area contributed by atoms with Crippen LogP contribution in [0.5, 0.6) is 0 Å². The Bertz CT molecular complexity index is 459. The van der Waals surface area contributed by atoms with E-state index in [9.17, 15) is 0 Å². The average Bonchev–Trinajstić information content (AvgIpc) is 2.66. The quantitative estimate of drug-likeness (QED) is 0.856. The van der Waals surface area contributed by atoms with Gasteiger partial charge in [-0.1, -0.05) is 44.7 Å². The molecule has 1 heterocycles. The second kappa shape index (κ2) is 7.15. The molecular weight excluding hydrogens is 282 g/mol. The molecule has 1 aromatic rings. The van der Waals surface area contributed by atoms with Crippen LogP contribution in [0.1, 0.15) is 57.2 Å². The molecular formula is C17H30ClN3. The summed E-state index contributed by atoms with van der Waals surface area (Å²) in [4.78, 5) is 0. The summed E-state index contributed by atoms with van der Waals surface area (Å²) in [6, 6.07) is 0. The minimum absolute atomic E-state index is 0.366. The van der Waals surface area contributed by atoms with Crippen LogP contribution in [0.15, 0.2) is 0 Å². The van der Waals surface area contributed by atoms with Crippen molar-refractivity contribution in [1.82, 2.24) is 15.1 Å². The zero-order valence-electron chi connectivity index (χ0n) is 14.0. The molecule has 0 spiro atoms. The van der Waals surface area contributed by atoms with Gasteiger partial charge in [0, 0.05) is 19.2 Å². The number of halogens is 1. The fourth-order valence-electron chi connectivity index (χ4n) is 3.59. The van der Waals surface area contributed by atoms with Gasteiger partial charge >= 0.3 is 0 Å². The number of hydrogen-bond donors (Lipinski definition) is 1. The maximum absolute atomic E-state index is 6.46. The van der Waals surface area contributed by atoms with Crippen molar-refractivity contribution in [2.75, 3.05) is 13.1 Å². The Morgan fingerprint density at radius 1 is 1.29 bits per heavy atom. The van der Waals surface area contributed by atoms with Gasteiger partial charge in [0.2, 0.25) is 0 Å². The lowest BCUT2D eigenvalue weighted by molar-refractivity contribution is 0.179. The van der Waals surface area contributed by atoms with Crippen LogP contribution in [0.2, 0.25) is 5.15 Å². The molecule has 1 aliphatic rings. The van der Waals surface area contributed by atoms with Gasteiger partial charge in [-0.05, 0) is 44.1 Å². The van der Waals surface area contributed by atoms with Crippen molar-refractivity contribution in [3.8, 4) is 0 Å². The maximum Gasteiger partial charge on any atom is 0.130 e. The highest BCUT2D eigenvalue weighted by atomic mass is 35.5. The van der Waals surface area contributed by atoms with Gasteiger partial charge in [0.15, 0.2) is 0 Å². The Morgan fingerprint density at radius 3 is 2.48 bits per heavy atom. The van der Waals surface area contributed by atoms with E-state index in [1.165, 1.54) is 37.7 Å². The molecule has 2 rings (SSSR count). The third-order valence-electron chi connectivity index (χ3n) is 4.79. The number of nitrogens with one attached hydrogen (secondary N) is 1. The van der Waals surface area contributed by atoms with Crippen molar-refractivity contribution in [2.24, 2.45) is 18.4 Å². The highest BCUT2D eigenvalue weighted by Crippen LogP contribution is 2.40. The van der Waals surface area contributed by atoms with Crippen LogP contribution in [0, 0.1) is 18.3 Å². The van der Waals surface area contributed by atoms with E-state index in [-0.39, 0.29) is 0 Å². The number of aryl methyl sites for hydroxylation is 2. The van der Waals surface area contributed by atoms with Gasteiger partial charge in [0.25, 0.3) is 0 Å². The molecule has 0 radical (unpaired) electrons. The van der Waals surface area contributed by atoms with Crippen LogP contribution >= 0.6 is 11.6 Å². The first-order valence-corrected chi connectivity index (χ1v) is 8.70. The fraction of sp³-hybridized carbons (Fsp3) is 0.824. The summed E-state index contributed by atoms with van der Waals surface area (Å²) in [5, 5.41) is 8.99. The summed E-state index contributed by atoms with van der Waals surface area (Å²) < 4.78 is 1.81. The van der Waals surface area contributed by atoms with Crippen LogP contribution < -0.4 is 5.32 Å². The summed E-state index contributed by atoms with van der Waals surface area (Å²) >= 11 is 6.46. The van der Waals surface area contributed by atoms with E-state index < -0.39 is 0 Å². The standard InChI is InChI=1S/C17H30ClN3/c1-13(2)11-19-12-17(8-6-5-7-9-17)10-15-14(3)20-21(4)16(15)18/h13,19H,5-12H2,1-4H3. The highest BCUT2D eigenvalue weighted by molar-refractivity contribution is 6.30. The lowest BCUT2D eigenvalue weighted by Crippen LogP contribution is -2.39. The molecule has 0 saturated heterocycles. The van der Waals surface area contributed by atoms with Gasteiger partial charge < -0.3 is 5.32 Å². The second-order valence-electron chi connectivity index (χ2n) is 7.24. The molecule has 1 fully saturated rings. The predicted molar refractivity (Wildman–Crippen MR) is 89.9 cm³/mol. The van der Waals surface area contributed by atoms with Crippen molar-refractivity contribution < 1.29 is 0 Å². The van der Waals surface area contributed by atoms with E-state index in [4.69, 9.17) is 11.6 Å². The molecule has 1 aromatic heterocycles. The monoisotopic (exact) mass is 311 g/mol. The molecule has 0 aliphatic heterocycles. The molecule has 1 N–H and O–H groups in total. The zero-order valence-corrected chi connectivity index (χ0v) is 14.8. The van der Waals surface area contributed by atoms with Gasteiger partial charge in [-0.3, -0.25) is 4.68 Å². The van der Waals surface area contributed by atoms with E-state index in [1.807, 2.05) is 11.7 Å². The van der Waals surface area contributed by atoms with Gasteiger partial charge in [0.05, 0.1) is 5.69 Å². The van der Waals surface area contributed by atoms with Crippen LogP contribution in [0.3, 0.4) is 0 Å². The Morgan fingerprint density at radius 2 is 1.95 bits per heavy atom. The summed E-state index contributed by atoms with van der Waals surface area (Å²) in [6.45, 7) is 8.82. The first-order valence-electron chi connectivity index (χ1n) is 8.32. The molecule has 0 atom stereocenters. The van der Waals surface area contributed by atoms with Gasteiger partial charge in [-0.2, -0.15) is 5.10 Å². The fourth-order valence-corrected chi connectivity index (χ4v) is 3.83. The van der Waals surface area contributed by atoms with Gasteiger partial charge in [-0.15, -0.1) is 0 Å². The Balaban J connectivity index is 2.12. The minimum Gasteiger partial charge on any atom is -0.316 e. The molecule has 4 heteroatoms. The molecule has 0 amide bonds. The lowest BCUT2D eigenvalue weighted by Gasteiger charge is -2.38. The Hall–Kier alpha value is -0.540. The van der Waals surface area contributed by atoms with Crippen molar-refractivity contribution in [3.05, 3.63) is 16.4 Å². The number of nitrogens with zero attached hydrogens (tertiary/aromatic N) is 2. The molecule has 1 saturated carbocycles. The zero-order chi connectivity index (χ0) is 15.5. The van der Waals surface area contributed by atoms with E-state index in [0.717, 1.165) is 30.4 Å². The van der Waals surface area contributed by atoms with Crippen molar-refractivity contribution in [3.63, 3.8) is 0 Å². The second-order valence-corrected chi connectivity index (χ2v) is 7.60. The normalized spacial score (nSPS) is 18.4. The molecule has 0 aromatic carbocycles. The first kappa shape index (κ1) is 16.8. The number of rotatable bonds is 6. The lowest BCUT2D eigenvalue weighted by atomic mass is 9.70. The molecule has 120 valence electrons. The van der Waals surface area contributed by atoms with Crippen molar-refractivity contribution >= 4 is 11.6 Å². The third-order valence-corrected chi connectivity index (χ3v) is 5.26. The minimum atomic E-state index is 0.366. The van der Waals surface area contributed by atoms with Gasteiger partial charge in [0.1, 0.15) is 5.15 Å². The number of aromatic nitrogens is 2. The number of hydrogen-bond acceptors (Lipinski definition) is 2. The van der Waals surface area contributed by atoms with E-state index in [0.29, 0.717) is 11.3 Å². The topological polar surface area (TPSA) is 29.9 Å². The Kier molecular flexibility index (Phi) is 5.73. The molecule has 0 unspecified atom stereocenters. The van der Waals surface area contributed by atoms with Crippen molar-refractivity contribution in [1.29, 1.82) is 0 Å². The average molecular weight is 312 g/mol. The molecule has 1 aliphatic carbocycles. The van der Waals surface area contributed by atoms with Crippen molar-refractivity contribution in [2.45, 2.75) is 59.3 Å². The highest BCUT2D eigenvalue weighted by Gasteiger charge is 2.33. The summed E-state index contributed by atoms with van der Waals surface area (Å²) in [5.41, 5.74) is 2.72. The molecule has 21 heavy (non-hydrogen) atoms. The summed E-state index contributed by atoms with van der Waals surface area (Å²) in [7, 11) is 1.93. The van der Waals surface area contributed by atoms with E-state index >= 15 is 0 Å². The largest absolute Gasteiger partial charge is 0.316 e. The van der Waals surface area contributed by atoms with Crippen LogP contribution in [0.25, 0.3) is 0 Å². The third kappa shape index (κ3) is 4.23. The molecule has 3 nitrogen and oxygen atoms in total. The van der Waals surface area contributed by atoms with Crippen LogP contribution in [-0.4, -0.2) is 22.9 Å². The molecule has 0 bridgehead atoms. The van der Waals surface area contributed by atoms with Gasteiger partial charge in [-0.25, -0.2) is 0 Å². The Labute approximate surface area is 134 Å². The maximum atomic E-state index is 6.46. The summed E-state index contributed by atoms with van der Waals surface area (Å²) in [6.07, 6.45) is 7.76. The van der Waals surface area contributed by atoms with E-state index in [2.05, 4.69) is 31.2 Å². The smallest absolute Gasteiger partial charge is 0.130 e. The SMILES string of the molecule is Cc1nn(C)c(Cl)c1CC1(CNCC(C)C)CCCCC1. The van der Waals surface area contributed by atoms with Crippen LogP contribution in [0.4, 0.5) is 0 Å². The first-order chi connectivity index (χ1) is 9.93.